The van der Waals surface area contributed by atoms with E-state index in [2.05, 4.69) is 15.1 Å². The Balaban J connectivity index is 1.24. The highest BCUT2D eigenvalue weighted by molar-refractivity contribution is 7.14. The van der Waals surface area contributed by atoms with E-state index in [1.165, 1.54) is 43.4 Å². The molecular formula is C27H36FN3O2S. The van der Waals surface area contributed by atoms with Crippen molar-refractivity contribution < 1.29 is 13.9 Å². The fourth-order valence-corrected chi connectivity index (χ4v) is 7.48. The number of aldehydes is 1. The minimum absolute atomic E-state index is 0.0107. The van der Waals surface area contributed by atoms with Gasteiger partial charge in [-0.25, -0.2) is 4.39 Å². The lowest BCUT2D eigenvalue weighted by atomic mass is 9.72. The number of methoxy groups -OCH3 is 1. The number of benzene rings is 1. The average Bonchev–Trinajstić information content (AvgIpc) is 3.39. The van der Waals surface area contributed by atoms with Gasteiger partial charge in [-0.15, -0.1) is 10.2 Å². The van der Waals surface area contributed by atoms with Crippen molar-refractivity contribution in [3.05, 3.63) is 29.0 Å². The van der Waals surface area contributed by atoms with Crippen LogP contribution >= 0.6 is 11.3 Å². The van der Waals surface area contributed by atoms with E-state index in [4.69, 9.17) is 4.74 Å². The summed E-state index contributed by atoms with van der Waals surface area (Å²) in [5.74, 6) is 0.941. The van der Waals surface area contributed by atoms with Crippen molar-refractivity contribution in [1.82, 2.24) is 10.2 Å². The molecule has 0 N–H and O–H groups in total. The van der Waals surface area contributed by atoms with Crippen LogP contribution in [0.5, 0.6) is 0 Å². The predicted octanol–water partition coefficient (Wildman–Crippen LogP) is 6.38. The summed E-state index contributed by atoms with van der Waals surface area (Å²) in [7, 11) is 1.88. The van der Waals surface area contributed by atoms with E-state index in [1.807, 2.05) is 19.2 Å². The molecule has 0 unspecified atom stereocenters. The normalized spacial score (nSPS) is 25.9. The summed E-state index contributed by atoms with van der Waals surface area (Å²) in [5, 5.41) is 10.3. The van der Waals surface area contributed by atoms with Gasteiger partial charge in [0.15, 0.2) is 5.01 Å². The van der Waals surface area contributed by atoms with Crippen LogP contribution in [0.3, 0.4) is 0 Å². The first-order valence-corrected chi connectivity index (χ1v) is 13.8. The minimum Gasteiger partial charge on any atom is -0.378 e. The first-order chi connectivity index (χ1) is 16.6. The second kappa shape index (κ2) is 10.4. The van der Waals surface area contributed by atoms with Gasteiger partial charge in [-0.05, 0) is 75.5 Å². The Labute approximate surface area is 206 Å². The average molecular weight is 486 g/mol. The van der Waals surface area contributed by atoms with Gasteiger partial charge in [0.1, 0.15) is 17.1 Å². The molecule has 1 aliphatic heterocycles. The molecule has 1 aromatic heterocycles. The van der Waals surface area contributed by atoms with Crippen molar-refractivity contribution >= 4 is 23.3 Å². The number of anilines is 1. The molecule has 184 valence electrons. The number of piperidine rings is 1. The van der Waals surface area contributed by atoms with Crippen molar-refractivity contribution in [1.29, 1.82) is 0 Å². The molecule has 0 spiro atoms. The monoisotopic (exact) mass is 485 g/mol. The third-order valence-corrected chi connectivity index (χ3v) is 9.79. The third-order valence-electron chi connectivity index (χ3n) is 8.67. The van der Waals surface area contributed by atoms with Crippen molar-refractivity contribution in [2.75, 3.05) is 25.1 Å². The number of hydrogen-bond acceptors (Lipinski definition) is 6. The van der Waals surface area contributed by atoms with E-state index in [1.54, 1.807) is 6.07 Å². The lowest BCUT2D eigenvalue weighted by molar-refractivity contribution is -0.111. The highest BCUT2D eigenvalue weighted by Gasteiger charge is 2.42. The fraction of sp³-hybridized carbons (Fsp3) is 0.667. The first-order valence-electron chi connectivity index (χ1n) is 13.0. The Morgan fingerprint density at radius 1 is 1.06 bits per heavy atom. The molecule has 1 aromatic carbocycles. The van der Waals surface area contributed by atoms with E-state index < -0.39 is 0 Å². The summed E-state index contributed by atoms with van der Waals surface area (Å²) in [6.07, 6.45) is 13.4. The van der Waals surface area contributed by atoms with Gasteiger partial charge in [-0.1, -0.05) is 30.6 Å². The maximum absolute atomic E-state index is 15.2. The summed E-state index contributed by atoms with van der Waals surface area (Å²) in [5.41, 5.74) is 1.45. The van der Waals surface area contributed by atoms with Gasteiger partial charge in [-0.2, -0.15) is 0 Å². The van der Waals surface area contributed by atoms with Crippen LogP contribution in [0.2, 0.25) is 0 Å². The molecule has 0 radical (unpaired) electrons. The maximum atomic E-state index is 15.2. The van der Waals surface area contributed by atoms with Crippen LogP contribution in [0.15, 0.2) is 18.2 Å². The molecule has 3 aliphatic rings. The molecule has 3 fully saturated rings. The Morgan fingerprint density at radius 3 is 2.44 bits per heavy atom. The number of rotatable bonds is 6. The number of ether oxygens (including phenoxy) is 1. The van der Waals surface area contributed by atoms with E-state index in [9.17, 15) is 4.79 Å². The molecule has 0 bridgehead atoms. The first kappa shape index (κ1) is 23.9. The number of carbonyl (C=O) groups is 1. The van der Waals surface area contributed by atoms with E-state index in [0.717, 1.165) is 68.6 Å². The van der Waals surface area contributed by atoms with Crippen molar-refractivity contribution in [2.24, 2.45) is 11.8 Å². The molecule has 34 heavy (non-hydrogen) atoms. The topological polar surface area (TPSA) is 55.3 Å². The second-order valence-electron chi connectivity index (χ2n) is 10.4. The summed E-state index contributed by atoms with van der Waals surface area (Å²) >= 11 is 1.49. The van der Waals surface area contributed by atoms with Crippen LogP contribution in [0.1, 0.15) is 81.6 Å². The Kier molecular flexibility index (Phi) is 7.30. The van der Waals surface area contributed by atoms with Gasteiger partial charge in [0.2, 0.25) is 0 Å². The van der Waals surface area contributed by atoms with E-state index in [-0.39, 0.29) is 17.3 Å². The number of nitrogens with zero attached hydrogens (tertiary/aromatic N) is 3. The number of aromatic nitrogens is 2. The van der Waals surface area contributed by atoms with Crippen molar-refractivity contribution in [3.63, 3.8) is 0 Å². The fourth-order valence-electron chi connectivity index (χ4n) is 6.44. The molecule has 0 amide bonds. The quantitative estimate of drug-likeness (QED) is 0.444. The molecule has 2 heterocycles. The van der Waals surface area contributed by atoms with Crippen LogP contribution in [-0.2, 0) is 9.53 Å². The zero-order chi connectivity index (χ0) is 23.5. The van der Waals surface area contributed by atoms with Crippen LogP contribution < -0.4 is 4.90 Å². The predicted molar refractivity (Wildman–Crippen MR) is 134 cm³/mol. The van der Waals surface area contributed by atoms with E-state index in [0.29, 0.717) is 22.4 Å². The molecule has 5 nitrogen and oxygen atoms in total. The Hall–Kier alpha value is -1.86. The molecule has 2 aromatic rings. The summed E-state index contributed by atoms with van der Waals surface area (Å²) in [4.78, 5) is 13.3. The van der Waals surface area contributed by atoms with Crippen molar-refractivity contribution in [2.45, 2.75) is 82.1 Å². The number of halogens is 1. The van der Waals surface area contributed by atoms with E-state index >= 15 is 4.39 Å². The smallest absolute Gasteiger partial charge is 0.150 e. The zero-order valence-corrected chi connectivity index (χ0v) is 21.0. The largest absolute Gasteiger partial charge is 0.378 e. The Morgan fingerprint density at radius 2 is 1.79 bits per heavy atom. The van der Waals surface area contributed by atoms with Gasteiger partial charge < -0.3 is 14.4 Å². The summed E-state index contributed by atoms with van der Waals surface area (Å²) < 4.78 is 21.3. The molecule has 7 heteroatoms. The van der Waals surface area contributed by atoms with Crippen LogP contribution in [0.25, 0.3) is 10.6 Å². The Bertz CT molecular complexity index is 974. The number of hydrogen-bond donors (Lipinski definition) is 0. The summed E-state index contributed by atoms with van der Waals surface area (Å²) in [6, 6.07) is 5.54. The molecule has 1 saturated heterocycles. The molecule has 2 aliphatic carbocycles. The zero-order valence-electron chi connectivity index (χ0n) is 20.2. The van der Waals surface area contributed by atoms with Gasteiger partial charge in [0.25, 0.3) is 0 Å². The third kappa shape index (κ3) is 4.78. The SMILES string of the molecule is COC1(C2CCCCC2)CCN(c2ccc(-c3nnc([C@H]4CC[C@H](C=O)CC4)s3)c(F)c2)CC1. The van der Waals surface area contributed by atoms with Gasteiger partial charge >= 0.3 is 0 Å². The molecule has 5 rings (SSSR count). The lowest BCUT2D eigenvalue weighted by Crippen LogP contribution is -2.50. The van der Waals surface area contributed by atoms with Crippen LogP contribution in [-0.4, -0.2) is 42.3 Å². The van der Waals surface area contributed by atoms with Crippen LogP contribution in [0.4, 0.5) is 10.1 Å². The highest BCUT2D eigenvalue weighted by Crippen LogP contribution is 2.43. The second-order valence-corrected chi connectivity index (χ2v) is 11.5. The molecule has 0 atom stereocenters. The number of carbonyl (C=O) groups excluding carboxylic acids is 1. The maximum Gasteiger partial charge on any atom is 0.150 e. The minimum atomic E-state index is -0.235. The van der Waals surface area contributed by atoms with Crippen molar-refractivity contribution in [3.8, 4) is 10.6 Å². The van der Waals surface area contributed by atoms with Gasteiger partial charge in [0, 0.05) is 43.3 Å². The standard InChI is InChI=1S/C27H36FN3O2S/c1-33-27(21-5-3-2-4-6-21)13-15-31(16-14-27)22-11-12-23(24(28)17-22)26-30-29-25(34-26)20-9-7-19(18-32)8-10-20/h11-12,17-21H,2-10,13-16H2,1H3/t19-,20-. The summed E-state index contributed by atoms with van der Waals surface area (Å²) in [6.45, 7) is 1.80. The van der Waals surface area contributed by atoms with Gasteiger partial charge in [-0.3, -0.25) is 0 Å². The molecular weight excluding hydrogens is 449 g/mol. The van der Waals surface area contributed by atoms with Crippen LogP contribution in [0, 0.1) is 17.7 Å². The lowest BCUT2D eigenvalue weighted by Gasteiger charge is -2.47. The molecule has 2 saturated carbocycles. The van der Waals surface area contributed by atoms with Gasteiger partial charge in [0.05, 0.1) is 5.60 Å². The highest BCUT2D eigenvalue weighted by atomic mass is 32.1.